The minimum atomic E-state index is -0.593. The largest absolute Gasteiger partial charge is 0.477 e. The van der Waals surface area contributed by atoms with Crippen molar-refractivity contribution in [3.05, 3.63) is 27.9 Å². The van der Waals surface area contributed by atoms with Gasteiger partial charge in [0.1, 0.15) is 17.8 Å². The van der Waals surface area contributed by atoms with Gasteiger partial charge in [-0.1, -0.05) is 13.8 Å². The van der Waals surface area contributed by atoms with E-state index in [1.807, 2.05) is 19.9 Å². The predicted molar refractivity (Wildman–Crippen MR) is 68.9 cm³/mol. The molecule has 1 N–H and O–H groups in total. The molecule has 0 saturated carbocycles. The van der Waals surface area contributed by atoms with Crippen molar-refractivity contribution >= 4 is 5.69 Å². The quantitative estimate of drug-likeness (QED) is 0.456. The topological polar surface area (TPSA) is 101 Å². The van der Waals surface area contributed by atoms with Gasteiger partial charge in [-0.3, -0.25) is 10.1 Å². The third kappa shape index (κ3) is 4.89. The molecule has 0 aliphatic heterocycles. The maximum absolute atomic E-state index is 10.6. The smallest absolute Gasteiger partial charge is 0.289 e. The van der Waals surface area contributed by atoms with Crippen LogP contribution in [-0.2, 0) is 0 Å². The molecule has 0 aromatic carbocycles. The molecule has 7 heteroatoms. The number of rotatable bonds is 7. The fraction of sp³-hybridized carbons (Fsp3) is 0.500. The third-order valence-electron chi connectivity index (χ3n) is 2.28. The third-order valence-corrected chi connectivity index (χ3v) is 2.28. The number of hydrogen-bond acceptors (Lipinski definition) is 6. The SMILES string of the molecule is CC(C)NCCCOc1ncc([N+](=O)[O-])cc1C#N. The van der Waals surface area contributed by atoms with Crippen molar-refractivity contribution in [1.82, 2.24) is 10.3 Å². The first kappa shape index (κ1) is 14.9. The Kier molecular flexibility index (Phi) is 5.70. The highest BCUT2D eigenvalue weighted by molar-refractivity contribution is 5.44. The zero-order valence-corrected chi connectivity index (χ0v) is 10.9. The van der Waals surface area contributed by atoms with E-state index in [2.05, 4.69) is 10.3 Å². The van der Waals surface area contributed by atoms with E-state index in [0.717, 1.165) is 25.2 Å². The lowest BCUT2D eigenvalue weighted by Gasteiger charge is -2.09. The molecule has 0 atom stereocenters. The van der Waals surface area contributed by atoms with Crippen LogP contribution in [0.25, 0.3) is 0 Å². The summed E-state index contributed by atoms with van der Waals surface area (Å²) in [6.45, 7) is 5.30. The second kappa shape index (κ2) is 7.28. The van der Waals surface area contributed by atoms with Gasteiger partial charge >= 0.3 is 0 Å². The van der Waals surface area contributed by atoms with Crippen LogP contribution in [0.4, 0.5) is 5.69 Å². The minimum Gasteiger partial charge on any atom is -0.477 e. The van der Waals surface area contributed by atoms with E-state index >= 15 is 0 Å². The molecule has 1 rings (SSSR count). The molecule has 0 saturated heterocycles. The summed E-state index contributed by atoms with van der Waals surface area (Å²) in [5, 5.41) is 22.7. The first-order valence-corrected chi connectivity index (χ1v) is 5.95. The zero-order valence-electron chi connectivity index (χ0n) is 10.9. The lowest BCUT2D eigenvalue weighted by Crippen LogP contribution is -2.24. The van der Waals surface area contributed by atoms with Crippen molar-refractivity contribution in [3.8, 4) is 11.9 Å². The molecule has 0 amide bonds. The molecule has 102 valence electrons. The molecule has 1 aromatic rings. The van der Waals surface area contributed by atoms with Crippen LogP contribution in [0.5, 0.6) is 5.88 Å². The monoisotopic (exact) mass is 264 g/mol. The van der Waals surface area contributed by atoms with Crippen LogP contribution in [0.3, 0.4) is 0 Å². The number of aromatic nitrogens is 1. The molecule has 7 nitrogen and oxygen atoms in total. The Bertz CT molecular complexity index is 482. The summed E-state index contributed by atoms with van der Waals surface area (Å²) in [5.41, 5.74) is -0.142. The summed E-state index contributed by atoms with van der Waals surface area (Å²) in [6, 6.07) is 3.41. The zero-order chi connectivity index (χ0) is 14.3. The normalized spacial score (nSPS) is 10.2. The molecule has 0 aliphatic rings. The Morgan fingerprint density at radius 3 is 2.95 bits per heavy atom. The number of ether oxygens (including phenoxy) is 1. The summed E-state index contributed by atoms with van der Waals surface area (Å²) in [7, 11) is 0. The number of hydrogen-bond donors (Lipinski definition) is 1. The van der Waals surface area contributed by atoms with Gasteiger partial charge in [-0.15, -0.1) is 0 Å². The van der Waals surface area contributed by atoms with E-state index in [0.29, 0.717) is 12.6 Å². The van der Waals surface area contributed by atoms with Crippen LogP contribution < -0.4 is 10.1 Å². The van der Waals surface area contributed by atoms with Gasteiger partial charge in [0, 0.05) is 12.1 Å². The number of nitro groups is 1. The van der Waals surface area contributed by atoms with Gasteiger partial charge in [-0.2, -0.15) is 5.26 Å². The highest BCUT2D eigenvalue weighted by Crippen LogP contribution is 2.19. The second-order valence-corrected chi connectivity index (χ2v) is 4.23. The molecule has 0 bridgehead atoms. The van der Waals surface area contributed by atoms with Crippen LogP contribution >= 0.6 is 0 Å². The molecule has 0 unspecified atom stereocenters. The van der Waals surface area contributed by atoms with E-state index in [1.54, 1.807) is 0 Å². The van der Waals surface area contributed by atoms with E-state index in [4.69, 9.17) is 10.00 Å². The van der Waals surface area contributed by atoms with Crippen LogP contribution in [0, 0.1) is 21.4 Å². The summed E-state index contributed by atoms with van der Waals surface area (Å²) in [4.78, 5) is 13.8. The van der Waals surface area contributed by atoms with Crippen molar-refractivity contribution in [2.75, 3.05) is 13.2 Å². The van der Waals surface area contributed by atoms with Gasteiger partial charge in [0.05, 0.1) is 11.5 Å². The fourth-order valence-corrected chi connectivity index (χ4v) is 1.37. The molecular formula is C12H16N4O3. The van der Waals surface area contributed by atoms with Gasteiger partial charge in [0.15, 0.2) is 0 Å². The lowest BCUT2D eigenvalue weighted by atomic mass is 10.3. The fourth-order valence-electron chi connectivity index (χ4n) is 1.37. The lowest BCUT2D eigenvalue weighted by molar-refractivity contribution is -0.385. The van der Waals surface area contributed by atoms with Gasteiger partial charge in [0.2, 0.25) is 5.88 Å². The van der Waals surface area contributed by atoms with Gasteiger partial charge in [0.25, 0.3) is 5.69 Å². The summed E-state index contributed by atoms with van der Waals surface area (Å²) < 4.78 is 5.35. The van der Waals surface area contributed by atoms with Crippen LogP contribution in [-0.4, -0.2) is 29.1 Å². The average Bonchev–Trinajstić information content (AvgIpc) is 2.37. The van der Waals surface area contributed by atoms with Crippen LogP contribution in [0.1, 0.15) is 25.8 Å². The average molecular weight is 264 g/mol. The Morgan fingerprint density at radius 1 is 1.63 bits per heavy atom. The van der Waals surface area contributed by atoms with Gasteiger partial charge in [-0.05, 0) is 13.0 Å². The van der Waals surface area contributed by atoms with Gasteiger partial charge in [-0.25, -0.2) is 4.98 Å². The second-order valence-electron chi connectivity index (χ2n) is 4.23. The molecule has 0 aliphatic carbocycles. The van der Waals surface area contributed by atoms with Crippen molar-refractivity contribution < 1.29 is 9.66 Å². The molecule has 1 aromatic heterocycles. The number of nitriles is 1. The van der Waals surface area contributed by atoms with Crippen LogP contribution in [0.2, 0.25) is 0 Å². The maximum atomic E-state index is 10.6. The Morgan fingerprint density at radius 2 is 2.37 bits per heavy atom. The minimum absolute atomic E-state index is 0.0750. The first-order valence-electron chi connectivity index (χ1n) is 5.95. The standard InChI is InChI=1S/C12H16N4O3/c1-9(2)14-4-3-5-19-12-10(7-13)6-11(8-15-12)16(17)18/h6,8-9,14H,3-5H2,1-2H3. The van der Waals surface area contributed by atoms with Crippen molar-refractivity contribution in [3.63, 3.8) is 0 Å². The van der Waals surface area contributed by atoms with Crippen molar-refractivity contribution in [1.29, 1.82) is 5.26 Å². The highest BCUT2D eigenvalue weighted by atomic mass is 16.6. The Labute approximate surface area is 111 Å². The molecule has 0 radical (unpaired) electrons. The highest BCUT2D eigenvalue weighted by Gasteiger charge is 2.12. The number of pyridine rings is 1. The van der Waals surface area contributed by atoms with Crippen LogP contribution in [0.15, 0.2) is 12.3 Å². The molecular weight excluding hydrogens is 248 g/mol. The Balaban J connectivity index is 2.54. The molecule has 19 heavy (non-hydrogen) atoms. The van der Waals surface area contributed by atoms with E-state index in [-0.39, 0.29) is 17.1 Å². The summed E-state index contributed by atoms with van der Waals surface area (Å²) in [5.74, 6) is 0.137. The first-order chi connectivity index (χ1) is 9.04. The summed E-state index contributed by atoms with van der Waals surface area (Å²) in [6.07, 6.45) is 1.85. The molecule has 0 spiro atoms. The van der Waals surface area contributed by atoms with E-state index in [1.165, 1.54) is 0 Å². The van der Waals surface area contributed by atoms with Crippen molar-refractivity contribution in [2.45, 2.75) is 26.3 Å². The van der Waals surface area contributed by atoms with Gasteiger partial charge < -0.3 is 10.1 Å². The Hall–Kier alpha value is -2.20. The molecule has 0 fully saturated rings. The van der Waals surface area contributed by atoms with E-state index in [9.17, 15) is 10.1 Å². The number of nitrogens with one attached hydrogen (secondary N) is 1. The van der Waals surface area contributed by atoms with E-state index < -0.39 is 4.92 Å². The number of nitrogens with zero attached hydrogens (tertiary/aromatic N) is 3. The predicted octanol–water partition coefficient (Wildman–Crippen LogP) is 1.63. The van der Waals surface area contributed by atoms with Crippen molar-refractivity contribution in [2.24, 2.45) is 0 Å². The maximum Gasteiger partial charge on any atom is 0.289 e. The summed E-state index contributed by atoms with van der Waals surface area (Å²) >= 11 is 0. The molecule has 1 heterocycles.